The maximum atomic E-state index is 14.1. The molecule has 0 unspecified atom stereocenters. The van der Waals surface area contributed by atoms with Gasteiger partial charge in [0, 0.05) is 0 Å². The zero-order chi connectivity index (χ0) is 16.2. The van der Waals surface area contributed by atoms with Crippen molar-refractivity contribution in [2.45, 2.75) is 51.0 Å². The topological polar surface area (TPSA) is 64.3 Å². The lowest BCUT2D eigenvalue weighted by Crippen LogP contribution is -2.31. The van der Waals surface area contributed by atoms with E-state index in [2.05, 4.69) is 5.32 Å². The first-order valence-corrected chi connectivity index (χ1v) is 7.85. The molecular formula is C17H25FN2O2. The molecule has 1 heterocycles. The summed E-state index contributed by atoms with van der Waals surface area (Å²) in [6.07, 6.45) is 2.54. The van der Waals surface area contributed by atoms with Crippen molar-refractivity contribution in [2.24, 2.45) is 5.73 Å². The molecule has 1 aromatic rings. The van der Waals surface area contributed by atoms with E-state index in [-0.39, 0.29) is 11.7 Å². The summed E-state index contributed by atoms with van der Waals surface area (Å²) in [5.74, 6) is 0.166. The molecule has 0 saturated carbocycles. The highest BCUT2D eigenvalue weighted by atomic mass is 19.1. The van der Waals surface area contributed by atoms with Crippen LogP contribution >= 0.6 is 0 Å². The van der Waals surface area contributed by atoms with E-state index in [1.165, 1.54) is 0 Å². The van der Waals surface area contributed by atoms with Crippen LogP contribution in [-0.4, -0.2) is 24.8 Å². The van der Waals surface area contributed by atoms with E-state index in [9.17, 15) is 9.18 Å². The van der Waals surface area contributed by atoms with Gasteiger partial charge in [-0.25, -0.2) is 9.18 Å². The van der Waals surface area contributed by atoms with Crippen LogP contribution in [0.2, 0.25) is 0 Å². The number of primary amides is 1. The van der Waals surface area contributed by atoms with Crippen LogP contribution in [0.5, 0.6) is 0 Å². The Kier molecular flexibility index (Phi) is 5.40. The van der Waals surface area contributed by atoms with Gasteiger partial charge >= 0.3 is 6.09 Å². The Hall–Kier alpha value is -1.62. The van der Waals surface area contributed by atoms with E-state index in [0.29, 0.717) is 6.42 Å². The summed E-state index contributed by atoms with van der Waals surface area (Å²) in [7, 11) is 0. The van der Waals surface area contributed by atoms with Crippen LogP contribution in [0.4, 0.5) is 9.18 Å². The van der Waals surface area contributed by atoms with E-state index in [1.807, 2.05) is 19.9 Å². The molecule has 2 rings (SSSR count). The fraction of sp³-hybridized carbons (Fsp3) is 0.588. The highest BCUT2D eigenvalue weighted by molar-refractivity contribution is 5.65. The Labute approximate surface area is 131 Å². The molecular weight excluding hydrogens is 283 g/mol. The van der Waals surface area contributed by atoms with E-state index in [1.54, 1.807) is 12.1 Å². The molecule has 1 fully saturated rings. The second kappa shape index (κ2) is 7.09. The highest BCUT2D eigenvalue weighted by Gasteiger charge is 2.23. The van der Waals surface area contributed by atoms with Gasteiger partial charge in [0.2, 0.25) is 0 Å². The Bertz CT molecular complexity index is 525. The lowest BCUT2D eigenvalue weighted by atomic mass is 9.88. The lowest BCUT2D eigenvalue weighted by molar-refractivity contribution is 0.0394. The third-order valence-electron chi connectivity index (χ3n) is 4.23. The van der Waals surface area contributed by atoms with Gasteiger partial charge in [0.25, 0.3) is 0 Å². The lowest BCUT2D eigenvalue weighted by Gasteiger charge is -2.25. The first-order valence-electron chi connectivity index (χ1n) is 7.85. The maximum absolute atomic E-state index is 14.1. The minimum atomic E-state index is -0.764. The zero-order valence-corrected chi connectivity index (χ0v) is 13.3. The summed E-state index contributed by atoms with van der Waals surface area (Å²) >= 11 is 0. The second-order valence-corrected chi connectivity index (χ2v) is 6.56. The predicted molar refractivity (Wildman–Crippen MR) is 84.3 cm³/mol. The average molecular weight is 308 g/mol. The Morgan fingerprint density at radius 1 is 1.41 bits per heavy atom. The number of nitrogens with one attached hydrogen (secondary N) is 1. The van der Waals surface area contributed by atoms with Gasteiger partial charge in [-0.15, -0.1) is 0 Å². The third-order valence-corrected chi connectivity index (χ3v) is 4.23. The van der Waals surface area contributed by atoms with Crippen molar-refractivity contribution < 1.29 is 13.9 Å². The quantitative estimate of drug-likeness (QED) is 0.878. The third kappa shape index (κ3) is 4.70. The zero-order valence-electron chi connectivity index (χ0n) is 13.3. The summed E-state index contributed by atoms with van der Waals surface area (Å²) in [6, 6.07) is 5.32. The van der Waals surface area contributed by atoms with Crippen LogP contribution in [0.15, 0.2) is 18.2 Å². The van der Waals surface area contributed by atoms with Crippen molar-refractivity contribution in [1.82, 2.24) is 5.32 Å². The van der Waals surface area contributed by atoms with Gasteiger partial charge < -0.3 is 15.8 Å². The van der Waals surface area contributed by atoms with Crippen molar-refractivity contribution in [1.29, 1.82) is 0 Å². The molecule has 0 bridgehead atoms. The predicted octanol–water partition coefficient (Wildman–Crippen LogP) is 3.10. The van der Waals surface area contributed by atoms with E-state index < -0.39 is 11.7 Å². The monoisotopic (exact) mass is 308 g/mol. The summed E-state index contributed by atoms with van der Waals surface area (Å²) in [6.45, 7) is 5.53. The van der Waals surface area contributed by atoms with Crippen molar-refractivity contribution in [3.63, 3.8) is 0 Å². The molecule has 4 nitrogen and oxygen atoms in total. The number of nitrogens with two attached hydrogens (primary N) is 1. The number of carbonyl (C=O) groups excluding carboxylic acids is 1. The van der Waals surface area contributed by atoms with Crippen LogP contribution in [0.1, 0.15) is 50.2 Å². The highest BCUT2D eigenvalue weighted by Crippen LogP contribution is 2.29. The molecule has 1 saturated heterocycles. The minimum Gasteiger partial charge on any atom is -0.444 e. The van der Waals surface area contributed by atoms with E-state index in [4.69, 9.17) is 10.5 Å². The average Bonchev–Trinajstić information content (AvgIpc) is 2.46. The normalized spacial score (nSPS) is 16.5. The maximum Gasteiger partial charge on any atom is 0.405 e. The van der Waals surface area contributed by atoms with Crippen molar-refractivity contribution in [3.8, 4) is 0 Å². The largest absolute Gasteiger partial charge is 0.444 e. The van der Waals surface area contributed by atoms with Gasteiger partial charge in [-0.2, -0.15) is 0 Å². The van der Waals surface area contributed by atoms with Crippen molar-refractivity contribution >= 4 is 6.09 Å². The fourth-order valence-corrected chi connectivity index (χ4v) is 2.96. The number of benzene rings is 1. The second-order valence-electron chi connectivity index (χ2n) is 6.56. The molecule has 0 atom stereocenters. The van der Waals surface area contributed by atoms with Crippen LogP contribution in [0.25, 0.3) is 0 Å². The van der Waals surface area contributed by atoms with Crippen molar-refractivity contribution in [3.05, 3.63) is 35.1 Å². The molecule has 3 N–H and O–H groups in total. The Balaban J connectivity index is 2.04. The smallest absolute Gasteiger partial charge is 0.405 e. The van der Waals surface area contributed by atoms with Crippen LogP contribution < -0.4 is 11.1 Å². The molecule has 1 amide bonds. The number of halogens is 1. The number of hydrogen-bond donors (Lipinski definition) is 2. The molecule has 0 aliphatic carbocycles. The van der Waals surface area contributed by atoms with E-state index in [0.717, 1.165) is 43.5 Å². The molecule has 1 aliphatic rings. The number of ether oxygens (including phenoxy) is 1. The van der Waals surface area contributed by atoms with Gasteiger partial charge in [0.05, 0.1) is 0 Å². The molecule has 1 aliphatic heterocycles. The van der Waals surface area contributed by atoms with Gasteiger partial charge in [-0.1, -0.05) is 12.1 Å². The molecule has 0 spiro atoms. The Morgan fingerprint density at radius 2 is 2.09 bits per heavy atom. The van der Waals surface area contributed by atoms with Gasteiger partial charge in [-0.3, -0.25) is 0 Å². The standard InChI is InChI=1S/C17H25FN2O2/c1-17(2,22-16(19)21)8-5-12-3-4-15(18)14(11-12)13-6-9-20-10-7-13/h3-4,11,13,20H,5-10H2,1-2H3,(H2,19,21). The molecule has 0 radical (unpaired) electrons. The fourth-order valence-electron chi connectivity index (χ4n) is 2.96. The first-order chi connectivity index (χ1) is 10.4. The van der Waals surface area contributed by atoms with Crippen LogP contribution in [0.3, 0.4) is 0 Å². The van der Waals surface area contributed by atoms with Gasteiger partial charge in [0.15, 0.2) is 0 Å². The van der Waals surface area contributed by atoms with Crippen molar-refractivity contribution in [2.75, 3.05) is 13.1 Å². The summed E-state index contributed by atoms with van der Waals surface area (Å²) < 4.78 is 19.2. The summed E-state index contributed by atoms with van der Waals surface area (Å²) in [5.41, 5.74) is 6.33. The summed E-state index contributed by atoms with van der Waals surface area (Å²) in [5, 5.41) is 3.30. The molecule has 22 heavy (non-hydrogen) atoms. The molecule has 0 aromatic heterocycles. The number of piperidine rings is 1. The van der Waals surface area contributed by atoms with Gasteiger partial charge in [-0.05, 0) is 75.7 Å². The Morgan fingerprint density at radius 3 is 2.73 bits per heavy atom. The number of hydrogen-bond acceptors (Lipinski definition) is 3. The SMILES string of the molecule is CC(C)(CCc1ccc(F)c(C2CCNCC2)c1)OC(N)=O. The summed E-state index contributed by atoms with van der Waals surface area (Å²) in [4.78, 5) is 10.9. The number of rotatable bonds is 5. The number of aryl methyl sites for hydroxylation is 1. The molecule has 5 heteroatoms. The van der Waals surface area contributed by atoms with Crippen LogP contribution in [-0.2, 0) is 11.2 Å². The minimum absolute atomic E-state index is 0.122. The van der Waals surface area contributed by atoms with Crippen LogP contribution in [0, 0.1) is 5.82 Å². The molecule has 122 valence electrons. The molecule has 1 aromatic carbocycles. The van der Waals surface area contributed by atoms with Gasteiger partial charge in [0.1, 0.15) is 11.4 Å². The first kappa shape index (κ1) is 16.7. The number of carbonyl (C=O) groups is 1. The van der Waals surface area contributed by atoms with E-state index >= 15 is 0 Å². The number of amides is 1.